The predicted molar refractivity (Wildman–Crippen MR) is 76.8 cm³/mol. The number of halogens is 1. The lowest BCUT2D eigenvalue weighted by atomic mass is 9.95. The first kappa shape index (κ1) is 13.1. The van der Waals surface area contributed by atoms with Gasteiger partial charge in [0.25, 0.3) is 5.91 Å². The van der Waals surface area contributed by atoms with Gasteiger partial charge in [0, 0.05) is 22.5 Å². The Morgan fingerprint density at radius 3 is 2.56 bits per heavy atom. The molecule has 0 fully saturated rings. The standard InChI is InChI=1S/C13H12INO3/c14-8-6-10(16)12(11(17)7-8)13(18)15-9-4-2-1-3-5-9/h1-5,8,16H,6-7H2,(H,15,18). The molecule has 2 N–H and O–H groups in total. The molecule has 2 rings (SSSR count). The number of alkyl halides is 1. The highest BCUT2D eigenvalue weighted by Crippen LogP contribution is 2.26. The van der Waals surface area contributed by atoms with Crippen molar-refractivity contribution in [2.45, 2.75) is 16.8 Å². The van der Waals surface area contributed by atoms with Crippen molar-refractivity contribution < 1.29 is 14.7 Å². The molecule has 0 heterocycles. The molecule has 0 aliphatic heterocycles. The molecule has 1 unspecified atom stereocenters. The van der Waals surface area contributed by atoms with E-state index in [0.717, 1.165) is 0 Å². The van der Waals surface area contributed by atoms with Crippen LogP contribution in [0.2, 0.25) is 0 Å². The van der Waals surface area contributed by atoms with E-state index < -0.39 is 5.91 Å². The van der Waals surface area contributed by atoms with Crippen LogP contribution >= 0.6 is 22.6 Å². The molecule has 1 aromatic carbocycles. The normalized spacial score (nSPS) is 19.8. The van der Waals surface area contributed by atoms with Crippen molar-refractivity contribution in [1.82, 2.24) is 0 Å². The lowest BCUT2D eigenvalue weighted by molar-refractivity contribution is -0.120. The number of allylic oxidation sites excluding steroid dienone is 1. The second-order valence-corrected chi connectivity index (χ2v) is 5.83. The van der Waals surface area contributed by atoms with Crippen molar-refractivity contribution in [2.75, 3.05) is 5.32 Å². The van der Waals surface area contributed by atoms with E-state index in [0.29, 0.717) is 18.5 Å². The molecule has 5 heteroatoms. The van der Waals surface area contributed by atoms with Gasteiger partial charge in [-0.3, -0.25) is 9.59 Å². The molecule has 1 amide bonds. The van der Waals surface area contributed by atoms with Crippen molar-refractivity contribution in [1.29, 1.82) is 0 Å². The van der Waals surface area contributed by atoms with Gasteiger partial charge in [0.05, 0.1) is 0 Å². The fourth-order valence-electron chi connectivity index (χ4n) is 1.82. The number of amides is 1. The average Bonchev–Trinajstić information content (AvgIpc) is 2.28. The number of carbonyl (C=O) groups is 2. The Morgan fingerprint density at radius 1 is 1.28 bits per heavy atom. The van der Waals surface area contributed by atoms with Gasteiger partial charge in [-0.1, -0.05) is 40.8 Å². The monoisotopic (exact) mass is 357 g/mol. The van der Waals surface area contributed by atoms with Gasteiger partial charge in [-0.15, -0.1) is 0 Å². The minimum absolute atomic E-state index is 0.0587. The van der Waals surface area contributed by atoms with E-state index >= 15 is 0 Å². The first-order valence-electron chi connectivity index (χ1n) is 5.53. The summed E-state index contributed by atoms with van der Waals surface area (Å²) in [5.74, 6) is -0.947. The highest BCUT2D eigenvalue weighted by molar-refractivity contribution is 14.1. The Kier molecular flexibility index (Phi) is 4.00. The molecule has 0 spiro atoms. The van der Waals surface area contributed by atoms with Crippen molar-refractivity contribution in [3.05, 3.63) is 41.7 Å². The third-order valence-corrected chi connectivity index (χ3v) is 3.53. The summed E-state index contributed by atoms with van der Waals surface area (Å²) in [7, 11) is 0. The Balaban J connectivity index is 2.19. The molecule has 0 saturated heterocycles. The van der Waals surface area contributed by atoms with Crippen LogP contribution in [-0.2, 0) is 9.59 Å². The smallest absolute Gasteiger partial charge is 0.262 e. The summed E-state index contributed by atoms with van der Waals surface area (Å²) in [5.41, 5.74) is 0.499. The number of para-hydroxylation sites is 1. The lowest BCUT2D eigenvalue weighted by Gasteiger charge is -2.18. The Bertz CT molecular complexity index is 510. The largest absolute Gasteiger partial charge is 0.511 e. The van der Waals surface area contributed by atoms with Crippen molar-refractivity contribution in [3.63, 3.8) is 0 Å². The molecule has 18 heavy (non-hydrogen) atoms. The van der Waals surface area contributed by atoms with Gasteiger partial charge in [0.2, 0.25) is 0 Å². The van der Waals surface area contributed by atoms with Gasteiger partial charge < -0.3 is 10.4 Å². The Morgan fingerprint density at radius 2 is 1.94 bits per heavy atom. The number of aliphatic hydroxyl groups is 1. The molecule has 1 aliphatic rings. The van der Waals surface area contributed by atoms with Gasteiger partial charge >= 0.3 is 0 Å². The number of hydrogen-bond donors (Lipinski definition) is 2. The highest BCUT2D eigenvalue weighted by atomic mass is 127. The Hall–Kier alpha value is -1.37. The van der Waals surface area contributed by atoms with E-state index in [9.17, 15) is 14.7 Å². The second kappa shape index (κ2) is 5.51. The van der Waals surface area contributed by atoms with Crippen LogP contribution in [0.1, 0.15) is 12.8 Å². The minimum Gasteiger partial charge on any atom is -0.511 e. The van der Waals surface area contributed by atoms with E-state index in [-0.39, 0.29) is 21.0 Å². The summed E-state index contributed by atoms with van der Waals surface area (Å²) < 4.78 is 0.0587. The average molecular weight is 357 g/mol. The van der Waals surface area contributed by atoms with Crippen molar-refractivity contribution >= 4 is 40.0 Å². The van der Waals surface area contributed by atoms with Gasteiger partial charge in [0.15, 0.2) is 5.78 Å². The fraction of sp³-hybridized carbons (Fsp3) is 0.231. The number of aliphatic hydroxyl groups excluding tert-OH is 1. The molecule has 0 aromatic heterocycles. The summed E-state index contributed by atoms with van der Waals surface area (Å²) in [5, 5.41) is 12.4. The molecule has 0 radical (unpaired) electrons. The minimum atomic E-state index is -0.535. The molecule has 1 aromatic rings. The van der Waals surface area contributed by atoms with Crippen LogP contribution < -0.4 is 5.32 Å². The van der Waals surface area contributed by atoms with Crippen LogP contribution in [0.5, 0.6) is 0 Å². The molecule has 94 valence electrons. The zero-order chi connectivity index (χ0) is 13.1. The zero-order valence-corrected chi connectivity index (χ0v) is 11.7. The van der Waals surface area contributed by atoms with Gasteiger partial charge in [-0.25, -0.2) is 0 Å². The first-order chi connectivity index (χ1) is 8.58. The maximum absolute atomic E-state index is 11.9. The first-order valence-corrected chi connectivity index (χ1v) is 6.78. The molecule has 0 bridgehead atoms. The molecule has 0 saturated carbocycles. The maximum Gasteiger partial charge on any atom is 0.262 e. The van der Waals surface area contributed by atoms with Crippen LogP contribution in [0.4, 0.5) is 5.69 Å². The van der Waals surface area contributed by atoms with Crippen molar-refractivity contribution in [3.8, 4) is 0 Å². The summed E-state index contributed by atoms with van der Waals surface area (Å²) in [6.45, 7) is 0. The summed E-state index contributed by atoms with van der Waals surface area (Å²) in [6.07, 6.45) is 0.659. The summed E-state index contributed by atoms with van der Waals surface area (Å²) in [6, 6.07) is 8.85. The molecule has 4 nitrogen and oxygen atoms in total. The molecule has 1 aliphatic carbocycles. The Labute approximate surface area is 118 Å². The third-order valence-electron chi connectivity index (χ3n) is 2.65. The number of ketones is 1. The van der Waals surface area contributed by atoms with E-state index in [1.165, 1.54) is 0 Å². The van der Waals surface area contributed by atoms with Crippen LogP contribution in [0.15, 0.2) is 41.7 Å². The number of benzene rings is 1. The maximum atomic E-state index is 11.9. The number of Topliss-reactive ketones (excluding diaryl/α,β-unsaturated/α-hetero) is 1. The second-order valence-electron chi connectivity index (χ2n) is 4.07. The predicted octanol–water partition coefficient (Wildman–Crippen LogP) is 2.60. The van der Waals surface area contributed by atoms with Crippen molar-refractivity contribution in [2.24, 2.45) is 0 Å². The van der Waals surface area contributed by atoms with Gasteiger partial charge in [-0.05, 0) is 12.1 Å². The van der Waals surface area contributed by atoms with Crippen LogP contribution in [0.25, 0.3) is 0 Å². The van der Waals surface area contributed by atoms with E-state index in [1.807, 2.05) is 6.07 Å². The number of carbonyl (C=O) groups excluding carboxylic acids is 2. The van der Waals surface area contributed by atoms with Crippen LogP contribution in [0.3, 0.4) is 0 Å². The van der Waals surface area contributed by atoms with E-state index in [1.54, 1.807) is 24.3 Å². The number of anilines is 1. The molecular formula is C13H12INO3. The SMILES string of the molecule is O=C1CC(I)CC(O)=C1C(=O)Nc1ccccc1. The van der Waals surface area contributed by atoms with Crippen LogP contribution in [0, 0.1) is 0 Å². The van der Waals surface area contributed by atoms with E-state index in [2.05, 4.69) is 27.9 Å². The highest BCUT2D eigenvalue weighted by Gasteiger charge is 2.30. The van der Waals surface area contributed by atoms with E-state index in [4.69, 9.17) is 0 Å². The summed E-state index contributed by atoms with van der Waals surface area (Å²) in [4.78, 5) is 23.7. The summed E-state index contributed by atoms with van der Waals surface area (Å²) >= 11 is 2.10. The zero-order valence-electron chi connectivity index (χ0n) is 9.52. The number of nitrogens with one attached hydrogen (secondary N) is 1. The molecular weight excluding hydrogens is 345 g/mol. The number of hydrogen-bond acceptors (Lipinski definition) is 3. The molecule has 1 atom stereocenters. The number of rotatable bonds is 2. The lowest BCUT2D eigenvalue weighted by Crippen LogP contribution is -2.28. The van der Waals surface area contributed by atoms with Crippen LogP contribution in [-0.4, -0.2) is 20.7 Å². The van der Waals surface area contributed by atoms with Gasteiger partial charge in [0.1, 0.15) is 11.3 Å². The van der Waals surface area contributed by atoms with Gasteiger partial charge in [-0.2, -0.15) is 0 Å². The third kappa shape index (κ3) is 2.90. The fourth-order valence-corrected chi connectivity index (χ4v) is 2.64. The quantitative estimate of drug-likeness (QED) is 0.486. The topological polar surface area (TPSA) is 66.4 Å².